The second-order valence-corrected chi connectivity index (χ2v) is 7.15. The zero-order valence-corrected chi connectivity index (χ0v) is 16.6. The fraction of sp³-hybridized carbons (Fsp3) is 0.238. The van der Waals surface area contributed by atoms with Gasteiger partial charge in [-0.05, 0) is 67.9 Å². The molecular weight excluding hydrogens is 360 g/mol. The molecule has 0 bridgehead atoms. The molecule has 27 heavy (non-hydrogen) atoms. The second-order valence-electron chi connectivity index (χ2n) is 6.11. The van der Waals surface area contributed by atoms with Crippen LogP contribution >= 0.6 is 11.8 Å². The van der Waals surface area contributed by atoms with Gasteiger partial charge in [0.05, 0.1) is 24.3 Å². The number of amidine groups is 1. The molecule has 1 aliphatic rings. The number of benzene rings is 2. The molecule has 1 saturated heterocycles. The standard InChI is InChI=1S/C21H22N2O3S/c1-5-26-17-9-7-15(11-18(17)25-4)12-19-20(24)23-21(27-19)22-16-8-6-13(2)10-14(16)3/h6-12H,5H2,1-4H3,(H,22,23,24)/b19-12-. The van der Waals surface area contributed by atoms with Crippen molar-refractivity contribution in [3.05, 3.63) is 58.0 Å². The number of methoxy groups -OCH3 is 1. The third-order valence-corrected chi connectivity index (χ3v) is 4.92. The summed E-state index contributed by atoms with van der Waals surface area (Å²) in [5.41, 5.74) is 3.98. The minimum Gasteiger partial charge on any atom is -0.493 e. The molecule has 0 spiro atoms. The molecule has 2 aromatic rings. The van der Waals surface area contributed by atoms with E-state index in [1.54, 1.807) is 7.11 Å². The van der Waals surface area contributed by atoms with Gasteiger partial charge < -0.3 is 14.8 Å². The molecule has 0 saturated carbocycles. The van der Waals surface area contributed by atoms with Gasteiger partial charge in [-0.3, -0.25) is 4.79 Å². The molecule has 5 nitrogen and oxygen atoms in total. The van der Waals surface area contributed by atoms with E-state index < -0.39 is 0 Å². The van der Waals surface area contributed by atoms with Crippen LogP contribution in [0.4, 0.5) is 5.69 Å². The van der Waals surface area contributed by atoms with Crippen molar-refractivity contribution in [2.24, 2.45) is 4.99 Å². The summed E-state index contributed by atoms with van der Waals surface area (Å²) in [5.74, 6) is 1.16. The monoisotopic (exact) mass is 382 g/mol. The van der Waals surface area contributed by atoms with Crippen molar-refractivity contribution in [1.29, 1.82) is 0 Å². The average Bonchev–Trinajstić information content (AvgIpc) is 2.98. The van der Waals surface area contributed by atoms with Crippen molar-refractivity contribution in [1.82, 2.24) is 5.32 Å². The first-order valence-corrected chi connectivity index (χ1v) is 9.49. The van der Waals surface area contributed by atoms with Crippen LogP contribution in [0.2, 0.25) is 0 Å². The maximum atomic E-state index is 12.3. The van der Waals surface area contributed by atoms with Crippen LogP contribution in [0.5, 0.6) is 11.5 Å². The van der Waals surface area contributed by atoms with Gasteiger partial charge in [0.25, 0.3) is 5.91 Å². The van der Waals surface area contributed by atoms with Gasteiger partial charge in [0.15, 0.2) is 16.7 Å². The van der Waals surface area contributed by atoms with Crippen LogP contribution in [0.1, 0.15) is 23.6 Å². The molecule has 0 aliphatic carbocycles. The fourth-order valence-corrected chi connectivity index (χ4v) is 3.56. The SMILES string of the molecule is CCOc1ccc(/C=C2\SC(=Nc3ccc(C)cc3C)NC2=O)cc1OC. The third-order valence-electron chi connectivity index (χ3n) is 4.01. The summed E-state index contributed by atoms with van der Waals surface area (Å²) < 4.78 is 10.9. The molecule has 1 aliphatic heterocycles. The number of carbonyl (C=O) groups is 1. The number of aliphatic imine (C=N–C) groups is 1. The molecule has 1 heterocycles. The van der Waals surface area contributed by atoms with Crippen LogP contribution in [0, 0.1) is 13.8 Å². The maximum absolute atomic E-state index is 12.3. The number of amides is 1. The van der Waals surface area contributed by atoms with Gasteiger partial charge in [-0.2, -0.15) is 0 Å². The highest BCUT2D eigenvalue weighted by molar-refractivity contribution is 8.18. The quantitative estimate of drug-likeness (QED) is 0.768. The largest absolute Gasteiger partial charge is 0.493 e. The van der Waals surface area contributed by atoms with Crippen LogP contribution in [-0.2, 0) is 4.79 Å². The van der Waals surface area contributed by atoms with E-state index in [9.17, 15) is 4.79 Å². The summed E-state index contributed by atoms with van der Waals surface area (Å²) >= 11 is 1.33. The zero-order valence-electron chi connectivity index (χ0n) is 15.8. The second kappa shape index (κ2) is 8.31. The van der Waals surface area contributed by atoms with E-state index in [4.69, 9.17) is 9.47 Å². The number of rotatable bonds is 5. The fourth-order valence-electron chi connectivity index (χ4n) is 2.72. The molecule has 0 radical (unpaired) electrons. The average molecular weight is 382 g/mol. The van der Waals surface area contributed by atoms with Crippen molar-refractivity contribution >= 4 is 34.6 Å². The molecule has 140 valence electrons. The lowest BCUT2D eigenvalue weighted by Gasteiger charge is -2.09. The Morgan fingerprint density at radius 3 is 2.67 bits per heavy atom. The zero-order chi connectivity index (χ0) is 19.4. The summed E-state index contributed by atoms with van der Waals surface area (Å²) in [4.78, 5) is 17.5. The van der Waals surface area contributed by atoms with Gasteiger partial charge in [-0.1, -0.05) is 23.8 Å². The summed E-state index contributed by atoms with van der Waals surface area (Å²) in [6, 6.07) is 11.6. The van der Waals surface area contributed by atoms with Crippen molar-refractivity contribution in [2.75, 3.05) is 13.7 Å². The molecule has 2 aromatic carbocycles. The van der Waals surface area contributed by atoms with Crippen LogP contribution in [0.15, 0.2) is 46.3 Å². The first-order chi connectivity index (χ1) is 13.0. The highest BCUT2D eigenvalue weighted by Crippen LogP contribution is 2.32. The lowest BCUT2D eigenvalue weighted by molar-refractivity contribution is -0.115. The molecule has 0 atom stereocenters. The Balaban J connectivity index is 1.84. The Morgan fingerprint density at radius 1 is 1.15 bits per heavy atom. The Labute approximate surface area is 163 Å². The number of nitrogens with zero attached hydrogens (tertiary/aromatic N) is 1. The van der Waals surface area contributed by atoms with E-state index >= 15 is 0 Å². The van der Waals surface area contributed by atoms with Crippen LogP contribution in [-0.4, -0.2) is 24.8 Å². The third kappa shape index (κ3) is 4.52. The van der Waals surface area contributed by atoms with E-state index in [2.05, 4.69) is 16.4 Å². The van der Waals surface area contributed by atoms with Crippen molar-refractivity contribution in [3.63, 3.8) is 0 Å². The number of nitrogens with one attached hydrogen (secondary N) is 1. The molecule has 0 aromatic heterocycles. The van der Waals surface area contributed by atoms with E-state index in [0.717, 1.165) is 16.8 Å². The minimum absolute atomic E-state index is 0.156. The lowest BCUT2D eigenvalue weighted by atomic mass is 10.1. The molecule has 1 N–H and O–H groups in total. The predicted octanol–water partition coefficient (Wildman–Crippen LogP) is 4.60. The van der Waals surface area contributed by atoms with Gasteiger partial charge in [0, 0.05) is 0 Å². The van der Waals surface area contributed by atoms with Gasteiger partial charge in [0.1, 0.15) is 0 Å². The first kappa shape index (κ1) is 19.0. The van der Waals surface area contributed by atoms with Crippen LogP contribution in [0.25, 0.3) is 6.08 Å². The van der Waals surface area contributed by atoms with Crippen LogP contribution < -0.4 is 14.8 Å². The summed E-state index contributed by atoms with van der Waals surface area (Å²) in [5, 5.41) is 3.40. The van der Waals surface area contributed by atoms with Gasteiger partial charge >= 0.3 is 0 Å². The first-order valence-electron chi connectivity index (χ1n) is 8.68. The highest BCUT2D eigenvalue weighted by atomic mass is 32.2. The molecule has 1 fully saturated rings. The van der Waals surface area contributed by atoms with Crippen molar-refractivity contribution < 1.29 is 14.3 Å². The molecule has 6 heteroatoms. The number of hydrogen-bond donors (Lipinski definition) is 1. The summed E-state index contributed by atoms with van der Waals surface area (Å²) in [7, 11) is 1.60. The highest BCUT2D eigenvalue weighted by Gasteiger charge is 2.24. The van der Waals surface area contributed by atoms with Crippen LogP contribution in [0.3, 0.4) is 0 Å². The van der Waals surface area contributed by atoms with Gasteiger partial charge in [0.2, 0.25) is 0 Å². The Hall–Kier alpha value is -2.73. The summed E-state index contributed by atoms with van der Waals surface area (Å²) in [6.07, 6.45) is 1.82. The minimum atomic E-state index is -0.156. The van der Waals surface area contributed by atoms with E-state index in [1.807, 2.05) is 57.2 Å². The number of ether oxygens (including phenoxy) is 2. The molecule has 3 rings (SSSR count). The Morgan fingerprint density at radius 2 is 1.96 bits per heavy atom. The summed E-state index contributed by atoms with van der Waals surface area (Å²) in [6.45, 7) is 6.54. The number of aryl methyl sites for hydroxylation is 2. The number of carbonyl (C=O) groups excluding carboxylic acids is 1. The normalized spacial score (nSPS) is 16.7. The number of hydrogen-bond acceptors (Lipinski definition) is 5. The molecule has 0 unspecified atom stereocenters. The Bertz CT molecular complexity index is 935. The van der Waals surface area contributed by atoms with E-state index in [-0.39, 0.29) is 5.91 Å². The maximum Gasteiger partial charge on any atom is 0.264 e. The smallest absolute Gasteiger partial charge is 0.264 e. The van der Waals surface area contributed by atoms with Crippen molar-refractivity contribution in [2.45, 2.75) is 20.8 Å². The Kier molecular flexibility index (Phi) is 5.86. The topological polar surface area (TPSA) is 59.9 Å². The molecular formula is C21H22N2O3S. The van der Waals surface area contributed by atoms with Gasteiger partial charge in [-0.25, -0.2) is 4.99 Å². The van der Waals surface area contributed by atoms with E-state index in [1.165, 1.54) is 17.3 Å². The van der Waals surface area contributed by atoms with Gasteiger partial charge in [-0.15, -0.1) is 0 Å². The molecule has 1 amide bonds. The van der Waals surface area contributed by atoms with Crippen molar-refractivity contribution in [3.8, 4) is 11.5 Å². The number of thioether (sulfide) groups is 1. The van der Waals surface area contributed by atoms with E-state index in [0.29, 0.717) is 28.2 Å². The lowest BCUT2D eigenvalue weighted by Crippen LogP contribution is -2.19. The predicted molar refractivity (Wildman–Crippen MR) is 111 cm³/mol.